The summed E-state index contributed by atoms with van der Waals surface area (Å²) in [5, 5.41) is 0.220. The lowest BCUT2D eigenvalue weighted by atomic mass is 9.81. The minimum absolute atomic E-state index is 0.173. The molecule has 1 unspecified atom stereocenters. The Morgan fingerprint density at radius 3 is 2.36 bits per heavy atom. The van der Waals surface area contributed by atoms with Crippen LogP contribution < -0.4 is 0 Å². The molecule has 130 valence electrons. The Morgan fingerprint density at radius 2 is 1.91 bits per heavy atom. The van der Waals surface area contributed by atoms with Crippen molar-refractivity contribution in [2.75, 3.05) is 26.0 Å². The largest absolute Gasteiger partial charge is 0.415 e. The van der Waals surface area contributed by atoms with Gasteiger partial charge in [-0.3, -0.25) is 9.08 Å². The Morgan fingerprint density at radius 1 is 1.27 bits per heavy atom. The molecule has 0 amide bonds. The molecule has 3 aliphatic heterocycles. The first-order chi connectivity index (χ1) is 9.89. The van der Waals surface area contributed by atoms with E-state index in [1.54, 1.807) is 0 Å². The number of rotatable bonds is 5. The fourth-order valence-corrected chi connectivity index (χ4v) is 4.83. The van der Waals surface area contributed by atoms with Gasteiger partial charge in [0, 0.05) is 19.2 Å². The summed E-state index contributed by atoms with van der Waals surface area (Å²) < 4.78 is 34.3. The van der Waals surface area contributed by atoms with E-state index in [2.05, 4.69) is 38.8 Å². The van der Waals surface area contributed by atoms with E-state index in [0.29, 0.717) is 18.5 Å². The zero-order valence-electron chi connectivity index (χ0n) is 14.8. The van der Waals surface area contributed by atoms with Crippen LogP contribution in [0.1, 0.15) is 33.6 Å². The molecule has 4 atom stereocenters. The van der Waals surface area contributed by atoms with Crippen LogP contribution in [0.3, 0.4) is 0 Å². The zero-order chi connectivity index (χ0) is 16.8. The summed E-state index contributed by atoms with van der Waals surface area (Å²) in [6, 6.07) is 0.410. The predicted molar refractivity (Wildman–Crippen MR) is 91.0 cm³/mol. The molecule has 0 spiro atoms. The Labute approximate surface area is 136 Å². The third-order valence-electron chi connectivity index (χ3n) is 5.56. The van der Waals surface area contributed by atoms with E-state index in [-0.39, 0.29) is 11.1 Å². The van der Waals surface area contributed by atoms with Gasteiger partial charge in [0.25, 0.3) is 10.1 Å². The number of fused-ring (bicyclic) bond motifs is 3. The monoisotopic (exact) mass is 349 g/mol. The number of piperidine rings is 3. The minimum atomic E-state index is -3.37. The highest BCUT2D eigenvalue weighted by atomic mass is 32.2. The Bertz CT molecular complexity index is 500. The Balaban J connectivity index is 1.92. The van der Waals surface area contributed by atoms with Gasteiger partial charge >= 0.3 is 0 Å². The van der Waals surface area contributed by atoms with Crippen LogP contribution in [0.4, 0.5) is 0 Å². The maximum atomic E-state index is 11.4. The lowest BCUT2D eigenvalue weighted by Crippen LogP contribution is -2.59. The van der Waals surface area contributed by atoms with Gasteiger partial charge < -0.3 is 4.43 Å². The normalized spacial score (nSPS) is 33.2. The van der Waals surface area contributed by atoms with Crippen molar-refractivity contribution in [3.05, 3.63) is 0 Å². The van der Waals surface area contributed by atoms with Crippen LogP contribution in [0.15, 0.2) is 0 Å². The third-order valence-corrected chi connectivity index (χ3v) is 10.7. The molecule has 0 aromatic rings. The van der Waals surface area contributed by atoms with Crippen molar-refractivity contribution < 1.29 is 17.0 Å². The number of nitrogens with zero attached hydrogens (tertiary/aromatic N) is 1. The lowest BCUT2D eigenvalue weighted by molar-refractivity contribution is -0.0521. The highest BCUT2D eigenvalue weighted by molar-refractivity contribution is 7.86. The molecule has 0 radical (unpaired) electrons. The summed E-state index contributed by atoms with van der Waals surface area (Å²) in [6.07, 6.45) is 2.97. The Kier molecular flexibility index (Phi) is 5.15. The first-order valence-corrected chi connectivity index (χ1v) is 12.9. The van der Waals surface area contributed by atoms with Crippen LogP contribution in [0, 0.1) is 5.92 Å². The summed E-state index contributed by atoms with van der Waals surface area (Å²) in [6.45, 7) is 13.8. The topological polar surface area (TPSA) is 55.8 Å². The van der Waals surface area contributed by atoms with E-state index in [0.717, 1.165) is 32.2 Å². The molecule has 0 aromatic heterocycles. The van der Waals surface area contributed by atoms with Gasteiger partial charge in [-0.2, -0.15) is 8.42 Å². The zero-order valence-corrected chi connectivity index (χ0v) is 16.6. The average Bonchev–Trinajstić information content (AvgIpc) is 2.34. The molecule has 0 N–H and O–H groups in total. The maximum Gasteiger partial charge on any atom is 0.264 e. The standard InChI is InChI=1S/C15H31NO4SSi/c1-15(2,3)22(5,6)19-11-13-9-12-7-8-16(13)10-14(12)20-21(4,17)18/h12-14H,7-11H2,1-6H3/t12-,13+,14+/m0/s1. The molecular formula is C15H31NO4SSi. The van der Waals surface area contributed by atoms with Gasteiger partial charge in [-0.15, -0.1) is 0 Å². The van der Waals surface area contributed by atoms with Gasteiger partial charge in [-0.1, -0.05) is 20.8 Å². The van der Waals surface area contributed by atoms with Crippen molar-refractivity contribution in [3.8, 4) is 0 Å². The van der Waals surface area contributed by atoms with Gasteiger partial charge in [0.05, 0.1) is 12.4 Å². The van der Waals surface area contributed by atoms with E-state index < -0.39 is 18.4 Å². The number of hydrogen-bond acceptors (Lipinski definition) is 5. The minimum Gasteiger partial charge on any atom is -0.415 e. The second-order valence-corrected chi connectivity index (χ2v) is 14.8. The summed E-state index contributed by atoms with van der Waals surface area (Å²) in [4.78, 5) is 2.35. The van der Waals surface area contributed by atoms with Crippen molar-refractivity contribution in [1.29, 1.82) is 0 Å². The van der Waals surface area contributed by atoms with Crippen LogP contribution in [0.5, 0.6) is 0 Å². The average molecular weight is 350 g/mol. The first kappa shape index (κ1) is 18.4. The molecule has 2 bridgehead atoms. The fourth-order valence-electron chi connectivity index (χ4n) is 3.12. The Hall–Kier alpha value is 0.0469. The van der Waals surface area contributed by atoms with Crippen LogP contribution in [-0.2, 0) is 18.7 Å². The molecule has 3 aliphatic rings. The van der Waals surface area contributed by atoms with Gasteiger partial charge in [-0.05, 0) is 43.4 Å². The van der Waals surface area contributed by atoms with Crippen LogP contribution in [0.25, 0.3) is 0 Å². The lowest BCUT2D eigenvalue weighted by Gasteiger charge is -2.50. The second-order valence-electron chi connectivity index (χ2n) is 8.34. The second kappa shape index (κ2) is 6.16. The van der Waals surface area contributed by atoms with Gasteiger partial charge in [-0.25, -0.2) is 0 Å². The van der Waals surface area contributed by atoms with Crippen LogP contribution in [0.2, 0.25) is 18.1 Å². The molecule has 3 fully saturated rings. The summed E-state index contributed by atoms with van der Waals surface area (Å²) >= 11 is 0. The third kappa shape index (κ3) is 4.32. The van der Waals surface area contributed by atoms with Crippen molar-refractivity contribution in [2.45, 2.75) is 63.9 Å². The molecule has 5 nitrogen and oxygen atoms in total. The highest BCUT2D eigenvalue weighted by Gasteiger charge is 2.44. The van der Waals surface area contributed by atoms with Gasteiger partial charge in [0.1, 0.15) is 0 Å². The van der Waals surface area contributed by atoms with Crippen LogP contribution >= 0.6 is 0 Å². The molecule has 7 heteroatoms. The van der Waals surface area contributed by atoms with Gasteiger partial charge in [0.15, 0.2) is 8.32 Å². The van der Waals surface area contributed by atoms with E-state index in [1.165, 1.54) is 0 Å². The summed E-state index contributed by atoms with van der Waals surface area (Å²) in [5.74, 6) is 0.341. The quantitative estimate of drug-likeness (QED) is 0.564. The molecule has 3 rings (SSSR count). The van der Waals surface area contributed by atoms with Crippen molar-refractivity contribution in [1.82, 2.24) is 4.90 Å². The molecule has 0 aromatic carbocycles. The van der Waals surface area contributed by atoms with Crippen molar-refractivity contribution in [3.63, 3.8) is 0 Å². The number of hydrogen-bond donors (Lipinski definition) is 0. The van der Waals surface area contributed by atoms with Gasteiger partial charge in [0.2, 0.25) is 0 Å². The van der Waals surface area contributed by atoms with E-state index in [9.17, 15) is 8.42 Å². The fraction of sp³-hybridized carbons (Fsp3) is 1.00. The first-order valence-electron chi connectivity index (χ1n) is 8.15. The van der Waals surface area contributed by atoms with E-state index in [4.69, 9.17) is 8.61 Å². The van der Waals surface area contributed by atoms with E-state index >= 15 is 0 Å². The molecular weight excluding hydrogens is 318 g/mol. The summed E-state index contributed by atoms with van der Waals surface area (Å²) in [5.41, 5.74) is 0. The molecule has 0 aliphatic carbocycles. The molecule has 3 heterocycles. The summed E-state index contributed by atoms with van der Waals surface area (Å²) in [7, 11) is -5.10. The molecule has 0 saturated carbocycles. The van der Waals surface area contributed by atoms with Crippen LogP contribution in [-0.4, -0.2) is 59.7 Å². The molecule has 22 heavy (non-hydrogen) atoms. The highest BCUT2D eigenvalue weighted by Crippen LogP contribution is 2.39. The predicted octanol–water partition coefficient (Wildman–Crippen LogP) is 2.45. The molecule has 3 saturated heterocycles. The SMILES string of the molecule is CC(C)(C)[Si](C)(C)OC[C@H]1C[C@@H]2CCN1C[C@H]2OS(C)(=O)=O. The van der Waals surface area contributed by atoms with E-state index in [1.807, 2.05) is 0 Å². The maximum absolute atomic E-state index is 11.4. The smallest absolute Gasteiger partial charge is 0.264 e. The van der Waals surface area contributed by atoms with Crippen molar-refractivity contribution >= 4 is 18.4 Å². The van der Waals surface area contributed by atoms with Crippen molar-refractivity contribution in [2.24, 2.45) is 5.92 Å².